The number of methoxy groups -OCH3 is 1. The molecule has 1 fully saturated rings. The third kappa shape index (κ3) is 6.43. The molecule has 1 aliphatic carbocycles. The molecule has 0 aromatic rings. The van der Waals surface area contributed by atoms with Crippen LogP contribution in [0.3, 0.4) is 0 Å². The Labute approximate surface area is 98.3 Å². The van der Waals surface area contributed by atoms with Crippen molar-refractivity contribution in [2.75, 3.05) is 40.0 Å². The van der Waals surface area contributed by atoms with E-state index in [1.54, 1.807) is 7.11 Å². The van der Waals surface area contributed by atoms with Crippen LogP contribution in [0.1, 0.15) is 25.7 Å². The molecule has 1 rings (SSSR count). The molecule has 0 aromatic carbocycles. The van der Waals surface area contributed by atoms with Crippen molar-refractivity contribution in [3.63, 3.8) is 0 Å². The summed E-state index contributed by atoms with van der Waals surface area (Å²) >= 11 is 0. The van der Waals surface area contributed by atoms with Crippen LogP contribution >= 0.6 is 0 Å². The largest absolute Gasteiger partial charge is 0.393 e. The van der Waals surface area contributed by atoms with Gasteiger partial charge in [0.2, 0.25) is 0 Å². The molecule has 1 aliphatic rings. The number of aliphatic hydroxyl groups is 1. The lowest BCUT2D eigenvalue weighted by molar-refractivity contribution is 0.0706. The number of nitrogens with one attached hydrogen (secondary N) is 1. The second kappa shape index (κ2) is 8.93. The van der Waals surface area contributed by atoms with E-state index in [9.17, 15) is 5.11 Å². The Hall–Kier alpha value is -0.160. The first-order chi connectivity index (χ1) is 7.83. The molecule has 0 spiro atoms. The minimum atomic E-state index is -0.0476. The lowest BCUT2D eigenvalue weighted by atomic mass is 9.87. The van der Waals surface area contributed by atoms with Gasteiger partial charge in [0, 0.05) is 13.7 Å². The summed E-state index contributed by atoms with van der Waals surface area (Å²) in [6.45, 7) is 4.05. The van der Waals surface area contributed by atoms with Crippen molar-refractivity contribution in [3.05, 3.63) is 0 Å². The zero-order valence-corrected chi connectivity index (χ0v) is 10.3. The molecule has 96 valence electrons. The Morgan fingerprint density at radius 2 is 1.88 bits per heavy atom. The van der Waals surface area contributed by atoms with Crippen LogP contribution in [0.2, 0.25) is 0 Å². The van der Waals surface area contributed by atoms with Gasteiger partial charge in [0.05, 0.1) is 25.9 Å². The first kappa shape index (κ1) is 13.9. The van der Waals surface area contributed by atoms with Crippen molar-refractivity contribution in [1.82, 2.24) is 5.32 Å². The highest BCUT2D eigenvalue weighted by Gasteiger charge is 2.18. The number of ether oxygens (including phenoxy) is 2. The molecular formula is C12H25NO3. The quantitative estimate of drug-likeness (QED) is 0.606. The van der Waals surface area contributed by atoms with Crippen molar-refractivity contribution in [2.24, 2.45) is 5.92 Å². The maximum absolute atomic E-state index is 9.37. The lowest BCUT2D eigenvalue weighted by Gasteiger charge is -2.25. The smallest absolute Gasteiger partial charge is 0.0700 e. The summed E-state index contributed by atoms with van der Waals surface area (Å²) in [5, 5.41) is 12.8. The highest BCUT2D eigenvalue weighted by atomic mass is 16.5. The van der Waals surface area contributed by atoms with Gasteiger partial charge in [-0.1, -0.05) is 0 Å². The summed E-state index contributed by atoms with van der Waals surface area (Å²) in [5.74, 6) is 0.738. The normalized spacial score (nSPS) is 25.9. The fourth-order valence-electron chi connectivity index (χ4n) is 2.04. The molecule has 0 bridgehead atoms. The Balaban J connectivity index is 1.84. The number of aliphatic hydroxyl groups excluding tert-OH is 1. The SMILES string of the molecule is COCCOCCNCC1CCC(O)CC1. The molecule has 0 atom stereocenters. The van der Waals surface area contributed by atoms with E-state index in [4.69, 9.17) is 9.47 Å². The molecule has 0 aromatic heterocycles. The highest BCUT2D eigenvalue weighted by molar-refractivity contribution is 4.72. The number of hydrogen-bond acceptors (Lipinski definition) is 4. The molecule has 0 heterocycles. The van der Waals surface area contributed by atoms with Crippen LogP contribution in [0.25, 0.3) is 0 Å². The third-order valence-corrected chi connectivity index (χ3v) is 3.10. The van der Waals surface area contributed by atoms with E-state index < -0.39 is 0 Å². The van der Waals surface area contributed by atoms with E-state index >= 15 is 0 Å². The summed E-state index contributed by atoms with van der Waals surface area (Å²) in [6.07, 6.45) is 4.19. The second-order valence-corrected chi connectivity index (χ2v) is 4.48. The number of rotatable bonds is 8. The van der Waals surface area contributed by atoms with E-state index in [-0.39, 0.29) is 6.10 Å². The minimum Gasteiger partial charge on any atom is -0.393 e. The fraction of sp³-hybridized carbons (Fsp3) is 1.00. The van der Waals surface area contributed by atoms with E-state index in [2.05, 4.69) is 5.32 Å². The van der Waals surface area contributed by atoms with Gasteiger partial charge in [-0.15, -0.1) is 0 Å². The zero-order chi connectivity index (χ0) is 11.6. The molecule has 2 N–H and O–H groups in total. The van der Waals surface area contributed by atoms with Gasteiger partial charge in [0.15, 0.2) is 0 Å². The van der Waals surface area contributed by atoms with Gasteiger partial charge in [0.1, 0.15) is 0 Å². The van der Waals surface area contributed by atoms with E-state index in [0.29, 0.717) is 13.2 Å². The highest BCUT2D eigenvalue weighted by Crippen LogP contribution is 2.23. The Kier molecular flexibility index (Phi) is 7.76. The molecular weight excluding hydrogens is 206 g/mol. The molecule has 0 amide bonds. The van der Waals surface area contributed by atoms with Gasteiger partial charge in [-0.25, -0.2) is 0 Å². The Bertz CT molecular complexity index is 158. The average molecular weight is 231 g/mol. The van der Waals surface area contributed by atoms with Crippen LogP contribution in [-0.4, -0.2) is 51.2 Å². The minimum absolute atomic E-state index is 0.0476. The average Bonchev–Trinajstić information content (AvgIpc) is 2.30. The maximum Gasteiger partial charge on any atom is 0.0700 e. The molecule has 0 aliphatic heterocycles. The topological polar surface area (TPSA) is 50.7 Å². The van der Waals surface area contributed by atoms with Crippen molar-refractivity contribution >= 4 is 0 Å². The molecule has 1 saturated carbocycles. The zero-order valence-electron chi connectivity index (χ0n) is 10.3. The molecule has 4 heteroatoms. The van der Waals surface area contributed by atoms with Crippen molar-refractivity contribution in [1.29, 1.82) is 0 Å². The van der Waals surface area contributed by atoms with Gasteiger partial charge < -0.3 is 19.9 Å². The third-order valence-electron chi connectivity index (χ3n) is 3.10. The van der Waals surface area contributed by atoms with Gasteiger partial charge in [-0.05, 0) is 38.1 Å². The predicted octanol–water partition coefficient (Wildman–Crippen LogP) is 0.790. The van der Waals surface area contributed by atoms with Crippen LogP contribution in [0.4, 0.5) is 0 Å². The van der Waals surface area contributed by atoms with E-state index in [0.717, 1.165) is 51.3 Å². The van der Waals surface area contributed by atoms with Gasteiger partial charge in [-0.2, -0.15) is 0 Å². The molecule has 0 radical (unpaired) electrons. The van der Waals surface area contributed by atoms with Crippen molar-refractivity contribution < 1.29 is 14.6 Å². The van der Waals surface area contributed by atoms with Gasteiger partial charge in [0.25, 0.3) is 0 Å². The van der Waals surface area contributed by atoms with Gasteiger partial charge >= 0.3 is 0 Å². The fourth-order valence-corrected chi connectivity index (χ4v) is 2.04. The maximum atomic E-state index is 9.37. The molecule has 0 saturated heterocycles. The predicted molar refractivity (Wildman–Crippen MR) is 63.5 cm³/mol. The Morgan fingerprint density at radius 3 is 2.56 bits per heavy atom. The molecule has 16 heavy (non-hydrogen) atoms. The summed E-state index contributed by atoms with van der Waals surface area (Å²) in [5.41, 5.74) is 0. The van der Waals surface area contributed by atoms with Crippen LogP contribution in [0.5, 0.6) is 0 Å². The molecule has 0 unspecified atom stereocenters. The van der Waals surface area contributed by atoms with E-state index in [1.807, 2.05) is 0 Å². The van der Waals surface area contributed by atoms with Crippen molar-refractivity contribution in [2.45, 2.75) is 31.8 Å². The summed E-state index contributed by atoms with van der Waals surface area (Å²) in [7, 11) is 1.68. The van der Waals surface area contributed by atoms with Crippen LogP contribution < -0.4 is 5.32 Å². The first-order valence-corrected chi connectivity index (χ1v) is 6.28. The van der Waals surface area contributed by atoms with E-state index in [1.165, 1.54) is 0 Å². The monoisotopic (exact) mass is 231 g/mol. The Morgan fingerprint density at radius 1 is 1.12 bits per heavy atom. The van der Waals surface area contributed by atoms with Gasteiger partial charge in [-0.3, -0.25) is 0 Å². The summed E-state index contributed by atoms with van der Waals surface area (Å²) in [4.78, 5) is 0. The lowest BCUT2D eigenvalue weighted by Crippen LogP contribution is -2.30. The summed E-state index contributed by atoms with van der Waals surface area (Å²) in [6, 6.07) is 0. The number of hydrogen-bond donors (Lipinski definition) is 2. The van der Waals surface area contributed by atoms with Crippen LogP contribution in [-0.2, 0) is 9.47 Å². The van der Waals surface area contributed by atoms with Crippen LogP contribution in [0, 0.1) is 5.92 Å². The standard InChI is InChI=1S/C12H25NO3/c1-15-8-9-16-7-6-13-10-11-2-4-12(14)5-3-11/h11-14H,2-10H2,1H3. The first-order valence-electron chi connectivity index (χ1n) is 6.28. The summed E-state index contributed by atoms with van der Waals surface area (Å²) < 4.78 is 10.2. The molecule has 4 nitrogen and oxygen atoms in total. The van der Waals surface area contributed by atoms with Crippen LogP contribution in [0.15, 0.2) is 0 Å². The van der Waals surface area contributed by atoms with Crippen molar-refractivity contribution in [3.8, 4) is 0 Å². The second-order valence-electron chi connectivity index (χ2n) is 4.48.